The van der Waals surface area contributed by atoms with Gasteiger partial charge < -0.3 is 16.0 Å². The zero-order valence-corrected chi connectivity index (χ0v) is 17.9. The number of carbonyl (C=O) groups is 1. The van der Waals surface area contributed by atoms with E-state index in [-0.39, 0.29) is 5.56 Å². The number of hydrogen-bond donors (Lipinski definition) is 3. The minimum absolute atomic E-state index is 0.00690. The smallest absolute Gasteiger partial charge is 0.258 e. The molecule has 3 rings (SSSR count). The van der Waals surface area contributed by atoms with Crippen LogP contribution in [-0.4, -0.2) is 17.6 Å². The Bertz CT molecular complexity index is 976. The molecule has 0 aliphatic carbocycles. The van der Waals surface area contributed by atoms with Crippen molar-refractivity contribution in [3.8, 4) is 0 Å². The summed E-state index contributed by atoms with van der Waals surface area (Å²) in [4.78, 5) is 13.4. The van der Waals surface area contributed by atoms with Gasteiger partial charge in [-0.05, 0) is 76.0 Å². The number of halogens is 2. The summed E-state index contributed by atoms with van der Waals surface area (Å²) >= 11 is 10.5. The minimum Gasteiger partial charge on any atom is -0.362 e. The second-order valence-corrected chi connectivity index (χ2v) is 8.10. The van der Waals surface area contributed by atoms with Crippen molar-refractivity contribution in [2.24, 2.45) is 0 Å². The van der Waals surface area contributed by atoms with Gasteiger partial charge in [0.25, 0.3) is 5.91 Å². The first-order chi connectivity index (χ1) is 13.5. The Labute approximate surface area is 180 Å². The van der Waals surface area contributed by atoms with E-state index in [1.54, 1.807) is 47.7 Å². The van der Waals surface area contributed by atoms with Gasteiger partial charge in [-0.1, -0.05) is 12.1 Å². The van der Waals surface area contributed by atoms with E-state index in [4.69, 9.17) is 12.2 Å². The molecular formula is C20H17BrFN3OS2. The molecule has 0 aliphatic rings. The molecule has 8 heteroatoms. The van der Waals surface area contributed by atoms with E-state index in [1.165, 1.54) is 17.0 Å². The summed E-state index contributed by atoms with van der Waals surface area (Å²) in [6.45, 7) is 0.724. The topological polar surface area (TPSA) is 53.2 Å². The van der Waals surface area contributed by atoms with Gasteiger partial charge in [-0.3, -0.25) is 4.79 Å². The van der Waals surface area contributed by atoms with Gasteiger partial charge >= 0.3 is 0 Å². The average molecular weight is 478 g/mol. The number of benzene rings is 2. The number of carbonyl (C=O) groups excluding carboxylic acids is 1. The fourth-order valence-corrected chi connectivity index (χ4v) is 4.22. The van der Waals surface area contributed by atoms with Gasteiger partial charge in [0.05, 0.1) is 5.56 Å². The van der Waals surface area contributed by atoms with Gasteiger partial charge in [0.1, 0.15) is 5.82 Å². The number of thiophene rings is 1. The summed E-state index contributed by atoms with van der Waals surface area (Å²) in [6, 6.07) is 14.9. The molecule has 1 amide bonds. The van der Waals surface area contributed by atoms with Gasteiger partial charge in [-0.2, -0.15) is 0 Å². The maximum absolute atomic E-state index is 13.7. The average Bonchev–Trinajstić information content (AvgIpc) is 3.08. The van der Waals surface area contributed by atoms with Crippen LogP contribution in [-0.2, 0) is 6.42 Å². The molecule has 0 spiro atoms. The molecule has 1 aromatic heterocycles. The molecular weight excluding hydrogens is 461 g/mol. The van der Waals surface area contributed by atoms with Gasteiger partial charge in [-0.15, -0.1) is 11.3 Å². The predicted octanol–water partition coefficient (Wildman–Crippen LogP) is 5.43. The van der Waals surface area contributed by atoms with Gasteiger partial charge in [-0.25, -0.2) is 4.39 Å². The largest absolute Gasteiger partial charge is 0.362 e. The van der Waals surface area contributed by atoms with E-state index in [2.05, 4.69) is 31.9 Å². The highest BCUT2D eigenvalue weighted by Crippen LogP contribution is 2.22. The molecule has 0 saturated carbocycles. The molecule has 0 aliphatic heterocycles. The third kappa shape index (κ3) is 5.60. The van der Waals surface area contributed by atoms with Crippen molar-refractivity contribution in [3.05, 3.63) is 80.7 Å². The van der Waals surface area contributed by atoms with E-state index in [0.29, 0.717) is 10.8 Å². The van der Waals surface area contributed by atoms with Crippen LogP contribution in [0, 0.1) is 5.82 Å². The lowest BCUT2D eigenvalue weighted by Gasteiger charge is -2.11. The molecule has 0 atom stereocenters. The monoisotopic (exact) mass is 477 g/mol. The minimum atomic E-state index is -0.552. The highest BCUT2D eigenvalue weighted by molar-refractivity contribution is 9.10. The highest BCUT2D eigenvalue weighted by Gasteiger charge is 2.10. The lowest BCUT2D eigenvalue weighted by molar-refractivity contribution is 0.102. The number of rotatable bonds is 6. The molecule has 1 heterocycles. The SMILES string of the molecule is O=C(Nc1ccc(NC(=S)NCCc2sccc2Br)cc1)c1ccccc1F. The lowest BCUT2D eigenvalue weighted by Crippen LogP contribution is -2.30. The van der Waals surface area contributed by atoms with Crippen LogP contribution in [0.1, 0.15) is 15.2 Å². The van der Waals surface area contributed by atoms with Gasteiger partial charge in [0.2, 0.25) is 0 Å². The van der Waals surface area contributed by atoms with Crippen molar-refractivity contribution < 1.29 is 9.18 Å². The van der Waals surface area contributed by atoms with E-state index in [9.17, 15) is 9.18 Å². The molecule has 4 nitrogen and oxygen atoms in total. The van der Waals surface area contributed by atoms with E-state index in [0.717, 1.165) is 23.1 Å². The molecule has 0 bridgehead atoms. The molecule has 3 N–H and O–H groups in total. The summed E-state index contributed by atoms with van der Waals surface area (Å²) < 4.78 is 14.8. The van der Waals surface area contributed by atoms with Crippen LogP contribution in [0.25, 0.3) is 0 Å². The summed E-state index contributed by atoms with van der Waals surface area (Å²) in [5.41, 5.74) is 1.37. The first-order valence-electron chi connectivity index (χ1n) is 8.45. The standard InChI is InChI=1S/C20H17BrFN3OS2/c21-16-10-12-28-18(16)9-11-23-20(27)25-14-7-5-13(6-8-14)24-19(26)15-3-1-2-4-17(15)22/h1-8,10,12H,9,11H2,(H,24,26)(H2,23,25,27). The molecule has 0 fully saturated rings. The predicted molar refractivity (Wildman–Crippen MR) is 121 cm³/mol. The zero-order chi connectivity index (χ0) is 19.9. The lowest BCUT2D eigenvalue weighted by atomic mass is 10.2. The molecule has 0 unspecified atom stereocenters. The Morgan fingerprint density at radius 1 is 1.04 bits per heavy atom. The fourth-order valence-electron chi connectivity index (χ4n) is 2.45. The van der Waals surface area contributed by atoms with Crippen LogP contribution in [0.15, 0.2) is 64.5 Å². The molecule has 0 saturated heterocycles. The molecule has 28 heavy (non-hydrogen) atoms. The first-order valence-corrected chi connectivity index (χ1v) is 10.5. The summed E-state index contributed by atoms with van der Waals surface area (Å²) in [5, 5.41) is 11.5. The third-order valence-corrected chi connectivity index (χ3v) is 6.08. The van der Waals surface area contributed by atoms with Crippen molar-refractivity contribution in [2.75, 3.05) is 17.2 Å². The van der Waals surface area contributed by atoms with Crippen LogP contribution < -0.4 is 16.0 Å². The van der Waals surface area contributed by atoms with Gasteiger partial charge in [0.15, 0.2) is 5.11 Å². The second kappa shape index (κ2) is 9.77. The maximum atomic E-state index is 13.7. The molecule has 2 aromatic carbocycles. The van der Waals surface area contributed by atoms with E-state index >= 15 is 0 Å². The number of anilines is 2. The Balaban J connectivity index is 1.48. The van der Waals surface area contributed by atoms with Gasteiger partial charge in [0, 0.05) is 33.7 Å². The molecule has 0 radical (unpaired) electrons. The van der Waals surface area contributed by atoms with Crippen LogP contribution in [0.5, 0.6) is 0 Å². The first kappa shape index (κ1) is 20.4. The van der Waals surface area contributed by atoms with Crippen LogP contribution in [0.3, 0.4) is 0 Å². The van der Waals surface area contributed by atoms with Crippen LogP contribution >= 0.6 is 39.5 Å². The Morgan fingerprint density at radius 2 is 1.71 bits per heavy atom. The number of amides is 1. The Morgan fingerprint density at radius 3 is 2.36 bits per heavy atom. The van der Waals surface area contributed by atoms with Crippen molar-refractivity contribution >= 4 is 61.9 Å². The van der Waals surface area contributed by atoms with Crippen molar-refractivity contribution in [2.45, 2.75) is 6.42 Å². The molecule has 3 aromatic rings. The number of hydrogen-bond acceptors (Lipinski definition) is 3. The number of thiocarbonyl (C=S) groups is 1. The summed E-state index contributed by atoms with van der Waals surface area (Å²) in [7, 11) is 0. The zero-order valence-electron chi connectivity index (χ0n) is 14.7. The fraction of sp³-hybridized carbons (Fsp3) is 0.100. The van der Waals surface area contributed by atoms with Crippen LogP contribution in [0.2, 0.25) is 0 Å². The maximum Gasteiger partial charge on any atom is 0.258 e. The van der Waals surface area contributed by atoms with Crippen molar-refractivity contribution in [1.82, 2.24) is 5.32 Å². The third-order valence-electron chi connectivity index (χ3n) is 3.85. The quantitative estimate of drug-likeness (QED) is 0.414. The Kier molecular flexibility index (Phi) is 7.13. The van der Waals surface area contributed by atoms with Crippen molar-refractivity contribution in [3.63, 3.8) is 0 Å². The second-order valence-electron chi connectivity index (χ2n) is 5.83. The highest BCUT2D eigenvalue weighted by atomic mass is 79.9. The van der Waals surface area contributed by atoms with E-state index < -0.39 is 11.7 Å². The van der Waals surface area contributed by atoms with Crippen molar-refractivity contribution in [1.29, 1.82) is 0 Å². The molecule has 144 valence electrons. The number of nitrogens with one attached hydrogen (secondary N) is 3. The Hall–Kier alpha value is -2.29. The summed E-state index contributed by atoms with van der Waals surface area (Å²) in [5.74, 6) is -1.04. The summed E-state index contributed by atoms with van der Waals surface area (Å²) in [6.07, 6.45) is 0.876. The normalized spacial score (nSPS) is 10.4. The van der Waals surface area contributed by atoms with E-state index in [1.807, 2.05) is 11.4 Å². The van der Waals surface area contributed by atoms with Crippen LogP contribution in [0.4, 0.5) is 15.8 Å².